The molecule has 1 unspecified atom stereocenters. The molecule has 68 valence electrons. The molecular weight excluding hydrogens is 232 g/mol. The molecule has 0 radical (unpaired) electrons. The van der Waals surface area contributed by atoms with Gasteiger partial charge in [0.05, 0.1) is 6.04 Å². The van der Waals surface area contributed by atoms with Gasteiger partial charge in [-0.05, 0) is 28.9 Å². The fourth-order valence-electron chi connectivity index (χ4n) is 0.815. The summed E-state index contributed by atoms with van der Waals surface area (Å²) >= 11 is 3.23. The van der Waals surface area contributed by atoms with Crippen molar-refractivity contribution in [2.75, 3.05) is 0 Å². The minimum Gasteiger partial charge on any atom is -0.356 e. The van der Waals surface area contributed by atoms with Crippen LogP contribution in [0, 0.1) is 12.3 Å². The molecule has 1 heterocycles. The second-order valence-electron chi connectivity index (χ2n) is 2.59. The first kappa shape index (κ1) is 9.87. The van der Waals surface area contributed by atoms with Crippen molar-refractivity contribution in [3.63, 3.8) is 0 Å². The molecule has 4 heteroatoms. The van der Waals surface area contributed by atoms with Crippen LogP contribution in [-0.2, 0) is 0 Å². The van der Waals surface area contributed by atoms with E-state index in [4.69, 9.17) is 6.42 Å². The summed E-state index contributed by atoms with van der Waals surface area (Å²) in [6, 6.07) is 1.44. The molecule has 0 bridgehead atoms. The molecular formula is C9H9BrN2O. The molecule has 1 aromatic heterocycles. The van der Waals surface area contributed by atoms with Gasteiger partial charge in [-0.1, -0.05) is 5.92 Å². The number of rotatable bonds is 2. The fraction of sp³-hybridized carbons (Fsp3) is 0.222. The molecule has 1 atom stereocenters. The molecule has 0 fully saturated rings. The molecule has 1 aromatic rings. The summed E-state index contributed by atoms with van der Waals surface area (Å²) < 4.78 is 0.839. The lowest BCUT2D eigenvalue weighted by Gasteiger charge is -2.05. The van der Waals surface area contributed by atoms with Crippen LogP contribution in [-0.4, -0.2) is 16.9 Å². The van der Waals surface area contributed by atoms with Gasteiger partial charge >= 0.3 is 0 Å². The Morgan fingerprint density at radius 3 is 3.00 bits per heavy atom. The van der Waals surface area contributed by atoms with E-state index in [2.05, 4.69) is 32.2 Å². The molecule has 0 aliphatic heterocycles. The molecule has 0 aliphatic carbocycles. The zero-order valence-electron chi connectivity index (χ0n) is 7.10. The maximum absolute atomic E-state index is 11.4. The van der Waals surface area contributed by atoms with Crippen LogP contribution in [0.3, 0.4) is 0 Å². The van der Waals surface area contributed by atoms with Gasteiger partial charge in [-0.2, -0.15) is 0 Å². The number of hydrogen-bond donors (Lipinski definition) is 2. The Kier molecular flexibility index (Phi) is 3.15. The summed E-state index contributed by atoms with van der Waals surface area (Å²) in [5, 5.41) is 2.63. The topological polar surface area (TPSA) is 44.9 Å². The molecule has 3 nitrogen and oxygen atoms in total. The summed E-state index contributed by atoms with van der Waals surface area (Å²) in [6.07, 6.45) is 6.81. The van der Waals surface area contributed by atoms with E-state index in [0.29, 0.717) is 5.69 Å². The van der Waals surface area contributed by atoms with Gasteiger partial charge in [0.25, 0.3) is 5.91 Å². The van der Waals surface area contributed by atoms with Crippen molar-refractivity contribution in [2.45, 2.75) is 13.0 Å². The Balaban J connectivity index is 2.65. The van der Waals surface area contributed by atoms with Gasteiger partial charge in [-0.3, -0.25) is 4.79 Å². The van der Waals surface area contributed by atoms with Crippen LogP contribution < -0.4 is 5.32 Å². The molecule has 0 aliphatic rings. The van der Waals surface area contributed by atoms with E-state index in [1.54, 1.807) is 19.2 Å². The number of aromatic amines is 1. The minimum absolute atomic E-state index is 0.198. The third-order valence-corrected chi connectivity index (χ3v) is 1.95. The van der Waals surface area contributed by atoms with Crippen molar-refractivity contribution >= 4 is 21.8 Å². The highest BCUT2D eigenvalue weighted by molar-refractivity contribution is 9.10. The first-order valence-electron chi connectivity index (χ1n) is 3.74. The van der Waals surface area contributed by atoms with Gasteiger partial charge in [-0.25, -0.2) is 0 Å². The first-order valence-corrected chi connectivity index (χ1v) is 4.53. The van der Waals surface area contributed by atoms with Gasteiger partial charge < -0.3 is 10.3 Å². The quantitative estimate of drug-likeness (QED) is 0.757. The summed E-state index contributed by atoms with van der Waals surface area (Å²) in [5.74, 6) is 2.22. The molecule has 0 spiro atoms. The van der Waals surface area contributed by atoms with E-state index in [-0.39, 0.29) is 11.9 Å². The average Bonchev–Trinajstić information content (AvgIpc) is 2.51. The SMILES string of the molecule is C#CC(C)NC(=O)c1cc(Br)c[nH]1. The number of amides is 1. The van der Waals surface area contributed by atoms with Crippen molar-refractivity contribution in [3.8, 4) is 12.3 Å². The Morgan fingerprint density at radius 2 is 2.54 bits per heavy atom. The lowest BCUT2D eigenvalue weighted by molar-refractivity contribution is 0.0944. The lowest BCUT2D eigenvalue weighted by atomic mass is 10.3. The van der Waals surface area contributed by atoms with Gasteiger partial charge in [0.15, 0.2) is 0 Å². The Labute approximate surface area is 85.0 Å². The van der Waals surface area contributed by atoms with E-state index in [0.717, 1.165) is 4.47 Å². The fourth-order valence-corrected chi connectivity index (χ4v) is 1.16. The number of carbonyl (C=O) groups is 1. The van der Waals surface area contributed by atoms with Crippen molar-refractivity contribution in [2.24, 2.45) is 0 Å². The Bertz CT molecular complexity index is 351. The highest BCUT2D eigenvalue weighted by atomic mass is 79.9. The van der Waals surface area contributed by atoms with Crippen molar-refractivity contribution in [1.82, 2.24) is 10.3 Å². The summed E-state index contributed by atoms with van der Waals surface area (Å²) in [7, 11) is 0. The second kappa shape index (κ2) is 4.15. The van der Waals surface area contributed by atoms with Crippen LogP contribution in [0.1, 0.15) is 17.4 Å². The molecule has 0 aromatic carbocycles. The standard InChI is InChI=1S/C9H9BrN2O/c1-3-6(2)12-9(13)8-4-7(10)5-11-8/h1,4-6,11H,2H3,(H,12,13). The number of terminal acetylenes is 1. The Morgan fingerprint density at radius 1 is 1.85 bits per heavy atom. The van der Waals surface area contributed by atoms with Crippen molar-refractivity contribution < 1.29 is 4.79 Å². The van der Waals surface area contributed by atoms with Crippen LogP contribution in [0.2, 0.25) is 0 Å². The number of nitrogens with one attached hydrogen (secondary N) is 2. The summed E-state index contributed by atoms with van der Waals surface area (Å²) in [6.45, 7) is 1.75. The van der Waals surface area contributed by atoms with Gasteiger partial charge in [0, 0.05) is 10.7 Å². The van der Waals surface area contributed by atoms with Gasteiger partial charge in [-0.15, -0.1) is 6.42 Å². The third-order valence-electron chi connectivity index (χ3n) is 1.49. The molecule has 0 saturated carbocycles. The zero-order valence-corrected chi connectivity index (χ0v) is 8.68. The van der Waals surface area contributed by atoms with Crippen LogP contribution in [0.15, 0.2) is 16.7 Å². The average molecular weight is 241 g/mol. The molecule has 2 N–H and O–H groups in total. The molecule has 0 saturated heterocycles. The number of carbonyl (C=O) groups excluding carboxylic acids is 1. The second-order valence-corrected chi connectivity index (χ2v) is 3.51. The predicted molar refractivity (Wildman–Crippen MR) is 54.3 cm³/mol. The largest absolute Gasteiger partial charge is 0.356 e. The predicted octanol–water partition coefficient (Wildman–Crippen LogP) is 1.53. The molecule has 1 rings (SSSR count). The van der Waals surface area contributed by atoms with Crippen LogP contribution in [0.5, 0.6) is 0 Å². The molecule has 1 amide bonds. The maximum atomic E-state index is 11.4. The molecule has 13 heavy (non-hydrogen) atoms. The monoisotopic (exact) mass is 240 g/mol. The van der Waals surface area contributed by atoms with E-state index in [1.165, 1.54) is 0 Å². The number of aromatic nitrogens is 1. The maximum Gasteiger partial charge on any atom is 0.268 e. The lowest BCUT2D eigenvalue weighted by Crippen LogP contribution is -2.31. The van der Waals surface area contributed by atoms with E-state index >= 15 is 0 Å². The third kappa shape index (κ3) is 2.63. The Hall–Kier alpha value is -1.21. The summed E-state index contributed by atoms with van der Waals surface area (Å²) in [4.78, 5) is 14.2. The first-order chi connectivity index (χ1) is 6.13. The van der Waals surface area contributed by atoms with Crippen LogP contribution >= 0.6 is 15.9 Å². The van der Waals surface area contributed by atoms with E-state index < -0.39 is 0 Å². The number of H-pyrrole nitrogens is 1. The highest BCUT2D eigenvalue weighted by Gasteiger charge is 2.08. The summed E-state index contributed by atoms with van der Waals surface area (Å²) in [5.41, 5.74) is 0.494. The smallest absolute Gasteiger partial charge is 0.268 e. The van der Waals surface area contributed by atoms with Crippen molar-refractivity contribution in [1.29, 1.82) is 0 Å². The zero-order chi connectivity index (χ0) is 9.84. The minimum atomic E-state index is -0.255. The highest BCUT2D eigenvalue weighted by Crippen LogP contribution is 2.10. The normalized spacial score (nSPS) is 11.8. The van der Waals surface area contributed by atoms with Gasteiger partial charge in [0.1, 0.15) is 5.69 Å². The number of hydrogen-bond acceptors (Lipinski definition) is 1. The van der Waals surface area contributed by atoms with Crippen LogP contribution in [0.4, 0.5) is 0 Å². The number of halogens is 1. The van der Waals surface area contributed by atoms with Gasteiger partial charge in [0.2, 0.25) is 0 Å². The van der Waals surface area contributed by atoms with E-state index in [1.807, 2.05) is 0 Å². The van der Waals surface area contributed by atoms with Crippen molar-refractivity contribution in [3.05, 3.63) is 22.4 Å². The van der Waals surface area contributed by atoms with E-state index in [9.17, 15) is 4.79 Å². The van der Waals surface area contributed by atoms with Crippen LogP contribution in [0.25, 0.3) is 0 Å².